The molecule has 1 aromatic rings. The van der Waals surface area contributed by atoms with Gasteiger partial charge in [-0.1, -0.05) is 23.2 Å². The molecular formula is C6H5Cl2FNNa. The molecule has 0 radical (unpaired) electrons. The Morgan fingerprint density at radius 1 is 1.27 bits per heavy atom. The molecule has 5 heteroatoms. The molecule has 0 saturated heterocycles. The average molecular weight is 204 g/mol. The van der Waals surface area contributed by atoms with Crippen LogP contribution < -0.4 is 5.54 Å². The van der Waals surface area contributed by atoms with Crippen molar-refractivity contribution < 1.29 is 4.48 Å². The van der Waals surface area contributed by atoms with E-state index in [1.54, 1.807) is 6.07 Å². The number of nitrogens with one attached hydrogen (secondary N) is 1. The van der Waals surface area contributed by atoms with Crippen molar-refractivity contribution in [2.75, 3.05) is 5.54 Å². The molecule has 0 aliphatic heterocycles. The van der Waals surface area contributed by atoms with Crippen molar-refractivity contribution in [2.24, 2.45) is 0 Å². The molecular weight excluding hydrogens is 199 g/mol. The monoisotopic (exact) mass is 203 g/mol. The van der Waals surface area contributed by atoms with E-state index in [1.165, 1.54) is 17.7 Å². The fourth-order valence-corrected chi connectivity index (χ4v) is 1.01. The first-order chi connectivity index (χ1) is 4.74. The fourth-order valence-electron chi connectivity index (χ4n) is 0.566. The van der Waals surface area contributed by atoms with Gasteiger partial charge in [-0.25, -0.2) is 5.54 Å². The number of halogens is 3. The van der Waals surface area contributed by atoms with Crippen molar-refractivity contribution in [3.8, 4) is 0 Å². The summed E-state index contributed by atoms with van der Waals surface area (Å²) >= 11 is 11.1. The van der Waals surface area contributed by atoms with Crippen LogP contribution in [0, 0.1) is 0 Å². The third-order valence-electron chi connectivity index (χ3n) is 1.03. The van der Waals surface area contributed by atoms with E-state index in [0.717, 1.165) is 0 Å². The molecule has 1 nitrogen and oxygen atoms in total. The minimum atomic E-state index is 0. The van der Waals surface area contributed by atoms with Crippen LogP contribution >= 0.6 is 23.2 Å². The topological polar surface area (TPSA) is 12.0 Å². The van der Waals surface area contributed by atoms with E-state index < -0.39 is 0 Å². The number of anilines is 1. The molecule has 0 atom stereocenters. The number of rotatable bonds is 1. The van der Waals surface area contributed by atoms with Crippen LogP contribution in [0.1, 0.15) is 0 Å². The van der Waals surface area contributed by atoms with Crippen LogP contribution in [0.25, 0.3) is 0 Å². The second-order valence-electron chi connectivity index (χ2n) is 1.72. The van der Waals surface area contributed by atoms with Gasteiger partial charge in [0.05, 0.1) is 10.7 Å². The summed E-state index contributed by atoms with van der Waals surface area (Å²) in [5.41, 5.74) is 1.66. The van der Waals surface area contributed by atoms with E-state index >= 15 is 0 Å². The summed E-state index contributed by atoms with van der Waals surface area (Å²) in [5, 5.41) is 0.763. The zero-order chi connectivity index (χ0) is 7.56. The second kappa shape index (κ2) is 5.22. The summed E-state index contributed by atoms with van der Waals surface area (Å²) in [6.07, 6.45) is 0. The van der Waals surface area contributed by atoms with E-state index in [9.17, 15) is 4.48 Å². The van der Waals surface area contributed by atoms with Crippen molar-refractivity contribution >= 4 is 58.4 Å². The van der Waals surface area contributed by atoms with Crippen molar-refractivity contribution in [3.63, 3.8) is 0 Å². The number of hydrogen-bond donors (Lipinski definition) is 1. The van der Waals surface area contributed by atoms with Crippen LogP contribution in [0.3, 0.4) is 0 Å². The molecule has 0 bridgehead atoms. The molecule has 0 heterocycles. The Kier molecular flexibility index (Phi) is 5.48. The van der Waals surface area contributed by atoms with Crippen LogP contribution in [-0.4, -0.2) is 29.6 Å². The summed E-state index contributed by atoms with van der Waals surface area (Å²) in [4.78, 5) is 0. The molecule has 0 unspecified atom stereocenters. The van der Waals surface area contributed by atoms with Gasteiger partial charge in [-0.15, -0.1) is 4.48 Å². The summed E-state index contributed by atoms with van der Waals surface area (Å²) < 4.78 is 11.7. The van der Waals surface area contributed by atoms with E-state index in [-0.39, 0.29) is 40.3 Å². The molecule has 0 fully saturated rings. The number of benzene rings is 1. The standard InChI is InChI=1S/C6H4Cl2FN.Na.H/c7-4-1-2-6(10-9)5(8)3-4;;/h1-3,10H;;. The maximum absolute atomic E-state index is 11.7. The van der Waals surface area contributed by atoms with E-state index in [4.69, 9.17) is 23.2 Å². The van der Waals surface area contributed by atoms with Crippen molar-refractivity contribution in [2.45, 2.75) is 0 Å². The first-order valence-corrected chi connectivity index (χ1v) is 3.31. The van der Waals surface area contributed by atoms with Gasteiger partial charge in [0.15, 0.2) is 0 Å². The van der Waals surface area contributed by atoms with Gasteiger partial charge in [-0.05, 0) is 18.2 Å². The summed E-state index contributed by atoms with van der Waals surface area (Å²) in [6, 6.07) is 4.48. The first-order valence-electron chi connectivity index (χ1n) is 2.55. The normalized spacial score (nSPS) is 8.64. The van der Waals surface area contributed by atoms with Gasteiger partial charge < -0.3 is 0 Å². The van der Waals surface area contributed by atoms with E-state index in [1.807, 2.05) is 0 Å². The Labute approximate surface area is 96.1 Å². The van der Waals surface area contributed by atoms with E-state index in [0.29, 0.717) is 5.02 Å². The summed E-state index contributed by atoms with van der Waals surface area (Å²) in [5.74, 6) is 0. The quantitative estimate of drug-likeness (QED) is 0.547. The third-order valence-corrected chi connectivity index (χ3v) is 1.58. The SMILES string of the molecule is FNc1ccc(Cl)cc1Cl.[NaH]. The molecule has 1 aromatic carbocycles. The van der Waals surface area contributed by atoms with Gasteiger partial charge >= 0.3 is 29.6 Å². The van der Waals surface area contributed by atoms with Gasteiger partial charge in [0.25, 0.3) is 0 Å². The predicted octanol–water partition coefficient (Wildman–Crippen LogP) is 2.64. The molecule has 0 amide bonds. The van der Waals surface area contributed by atoms with Crippen LogP contribution in [0.2, 0.25) is 10.0 Å². The molecule has 1 N–H and O–H groups in total. The molecule has 56 valence electrons. The van der Waals surface area contributed by atoms with Crippen molar-refractivity contribution in [1.82, 2.24) is 0 Å². The Balaban J connectivity index is 0.000001000. The van der Waals surface area contributed by atoms with Gasteiger partial charge in [0.1, 0.15) is 0 Å². The molecule has 1 rings (SSSR count). The number of hydrogen-bond acceptors (Lipinski definition) is 1. The van der Waals surface area contributed by atoms with Gasteiger partial charge in [0, 0.05) is 5.02 Å². The zero-order valence-corrected chi connectivity index (χ0v) is 6.38. The molecule has 0 aliphatic carbocycles. The van der Waals surface area contributed by atoms with E-state index in [2.05, 4.69) is 0 Å². The molecule has 11 heavy (non-hydrogen) atoms. The van der Waals surface area contributed by atoms with Crippen LogP contribution in [0.4, 0.5) is 10.2 Å². The van der Waals surface area contributed by atoms with Gasteiger partial charge in [-0.2, -0.15) is 0 Å². The van der Waals surface area contributed by atoms with Crippen LogP contribution in [0.15, 0.2) is 18.2 Å². The average Bonchev–Trinajstić information content (AvgIpc) is 1.88. The van der Waals surface area contributed by atoms with Crippen molar-refractivity contribution in [1.29, 1.82) is 0 Å². The predicted molar refractivity (Wildman–Crippen MR) is 48.3 cm³/mol. The summed E-state index contributed by atoms with van der Waals surface area (Å²) in [6.45, 7) is 0. The Morgan fingerprint density at radius 3 is 2.36 bits per heavy atom. The Hall–Kier alpha value is 0.530. The molecule has 0 saturated carbocycles. The molecule has 0 spiro atoms. The molecule has 0 aliphatic rings. The fraction of sp³-hybridized carbons (Fsp3) is 0. The van der Waals surface area contributed by atoms with Crippen LogP contribution in [0.5, 0.6) is 0 Å². The first kappa shape index (κ1) is 11.5. The van der Waals surface area contributed by atoms with Gasteiger partial charge in [0.2, 0.25) is 0 Å². The minimum absolute atomic E-state index is 0. The van der Waals surface area contributed by atoms with Crippen molar-refractivity contribution in [3.05, 3.63) is 28.2 Å². The third kappa shape index (κ3) is 3.18. The summed E-state index contributed by atoms with van der Waals surface area (Å²) in [7, 11) is 0. The Morgan fingerprint density at radius 2 is 1.91 bits per heavy atom. The van der Waals surface area contributed by atoms with Gasteiger partial charge in [-0.3, -0.25) is 0 Å². The maximum atomic E-state index is 11.7. The second-order valence-corrected chi connectivity index (χ2v) is 2.56. The van der Waals surface area contributed by atoms with Crippen LogP contribution in [-0.2, 0) is 0 Å². The Bertz CT molecular complexity index is 244. The molecule has 0 aromatic heterocycles. The zero-order valence-electron chi connectivity index (χ0n) is 4.87.